The molecule has 4 rings (SSSR count). The molecule has 0 aliphatic carbocycles. The number of amides is 2. The molecule has 150 valence electrons. The van der Waals surface area contributed by atoms with Gasteiger partial charge in [-0.05, 0) is 37.1 Å². The lowest BCUT2D eigenvalue weighted by atomic mass is 10.1. The zero-order chi connectivity index (χ0) is 20.4. The molecule has 1 N–H and O–H groups in total. The number of aromatic nitrogens is 2. The summed E-state index contributed by atoms with van der Waals surface area (Å²) in [5.74, 6) is -0.231. The Morgan fingerprint density at radius 3 is 2.59 bits per heavy atom. The molecule has 1 atom stereocenters. The number of fused-ring (bicyclic) bond motifs is 1. The molecule has 2 heterocycles. The van der Waals surface area contributed by atoms with Crippen molar-refractivity contribution in [1.82, 2.24) is 19.8 Å². The third kappa shape index (κ3) is 4.16. The summed E-state index contributed by atoms with van der Waals surface area (Å²) in [6.45, 7) is 5.70. The van der Waals surface area contributed by atoms with E-state index in [0.717, 1.165) is 23.1 Å². The topological polar surface area (TPSA) is 67.2 Å². The lowest BCUT2D eigenvalue weighted by Gasteiger charge is -2.20. The van der Waals surface area contributed by atoms with Crippen LogP contribution in [0.25, 0.3) is 11.0 Å². The average Bonchev–Trinajstić information content (AvgIpc) is 3.31. The van der Waals surface area contributed by atoms with E-state index in [2.05, 4.69) is 33.1 Å². The highest BCUT2D eigenvalue weighted by atomic mass is 16.2. The van der Waals surface area contributed by atoms with E-state index in [-0.39, 0.29) is 23.8 Å². The normalized spacial score (nSPS) is 16.7. The van der Waals surface area contributed by atoms with E-state index < -0.39 is 0 Å². The van der Waals surface area contributed by atoms with Crippen molar-refractivity contribution in [2.75, 3.05) is 6.54 Å². The molecule has 2 aromatic carbocycles. The fourth-order valence-electron chi connectivity index (χ4n) is 3.84. The number of nitrogens with one attached hydrogen (secondary N) is 1. The van der Waals surface area contributed by atoms with Gasteiger partial charge in [-0.25, -0.2) is 4.98 Å². The molecule has 29 heavy (non-hydrogen) atoms. The lowest BCUT2D eigenvalue weighted by molar-refractivity contribution is -0.129. The van der Waals surface area contributed by atoms with Crippen LogP contribution in [-0.2, 0) is 22.7 Å². The van der Waals surface area contributed by atoms with Gasteiger partial charge < -0.3 is 14.8 Å². The van der Waals surface area contributed by atoms with Crippen LogP contribution in [0.15, 0.2) is 54.9 Å². The minimum Gasteiger partial charge on any atom is -0.352 e. The van der Waals surface area contributed by atoms with Crippen LogP contribution in [0, 0.1) is 5.92 Å². The van der Waals surface area contributed by atoms with Gasteiger partial charge in [0.15, 0.2) is 0 Å². The molecule has 0 radical (unpaired) electrons. The summed E-state index contributed by atoms with van der Waals surface area (Å²) in [4.78, 5) is 30.6. The van der Waals surface area contributed by atoms with Crippen LogP contribution in [0.5, 0.6) is 0 Å². The molecule has 6 nitrogen and oxygen atoms in total. The quantitative estimate of drug-likeness (QED) is 0.704. The predicted octanol–water partition coefficient (Wildman–Crippen LogP) is 2.96. The van der Waals surface area contributed by atoms with E-state index in [0.29, 0.717) is 19.5 Å². The number of para-hydroxylation sites is 2. The third-order valence-electron chi connectivity index (χ3n) is 5.52. The molecule has 0 bridgehead atoms. The minimum absolute atomic E-state index is 0.0459. The first kappa shape index (κ1) is 19.2. The molecule has 0 unspecified atom stereocenters. The number of benzene rings is 2. The van der Waals surface area contributed by atoms with Crippen molar-refractivity contribution in [3.63, 3.8) is 0 Å². The van der Waals surface area contributed by atoms with Crippen molar-refractivity contribution in [1.29, 1.82) is 0 Å². The van der Waals surface area contributed by atoms with Gasteiger partial charge in [0, 0.05) is 32.1 Å². The van der Waals surface area contributed by atoms with E-state index in [1.165, 1.54) is 5.56 Å². The van der Waals surface area contributed by atoms with E-state index in [1.54, 1.807) is 4.90 Å². The summed E-state index contributed by atoms with van der Waals surface area (Å²) >= 11 is 0. The first-order valence-corrected chi connectivity index (χ1v) is 10.1. The van der Waals surface area contributed by atoms with Crippen molar-refractivity contribution in [2.45, 2.75) is 39.4 Å². The number of rotatable bonds is 6. The predicted molar refractivity (Wildman–Crippen MR) is 112 cm³/mol. The smallest absolute Gasteiger partial charge is 0.225 e. The molecule has 1 aliphatic heterocycles. The summed E-state index contributed by atoms with van der Waals surface area (Å²) in [6, 6.07) is 16.5. The Labute approximate surface area is 170 Å². The molecule has 1 saturated heterocycles. The van der Waals surface area contributed by atoms with Gasteiger partial charge in [-0.3, -0.25) is 9.59 Å². The van der Waals surface area contributed by atoms with E-state index in [4.69, 9.17) is 0 Å². The van der Waals surface area contributed by atoms with Crippen molar-refractivity contribution in [3.05, 3.63) is 66.0 Å². The van der Waals surface area contributed by atoms with Gasteiger partial charge in [0.1, 0.15) is 0 Å². The highest BCUT2D eigenvalue weighted by Crippen LogP contribution is 2.20. The number of hydrogen-bond donors (Lipinski definition) is 1. The average molecular weight is 390 g/mol. The van der Waals surface area contributed by atoms with E-state index >= 15 is 0 Å². The molecule has 1 fully saturated rings. The van der Waals surface area contributed by atoms with Gasteiger partial charge in [-0.2, -0.15) is 0 Å². The molecule has 3 aromatic rings. The Morgan fingerprint density at radius 1 is 1.14 bits per heavy atom. The van der Waals surface area contributed by atoms with Crippen LogP contribution >= 0.6 is 0 Å². The summed E-state index contributed by atoms with van der Waals surface area (Å²) in [5, 5.41) is 2.98. The van der Waals surface area contributed by atoms with Crippen LogP contribution in [0.2, 0.25) is 0 Å². The van der Waals surface area contributed by atoms with E-state index in [1.807, 2.05) is 50.5 Å². The molecule has 2 amide bonds. The Hall–Kier alpha value is -3.15. The Balaban J connectivity index is 1.33. The van der Waals surface area contributed by atoms with Crippen LogP contribution in [-0.4, -0.2) is 38.9 Å². The SMILES string of the molecule is CC(C)N1C[C@H](C(=O)NCc2ccc(Cn3cnc4ccccc43)cc2)CC1=O. The van der Waals surface area contributed by atoms with Crippen LogP contribution < -0.4 is 5.32 Å². The Morgan fingerprint density at radius 2 is 1.86 bits per heavy atom. The number of imidazole rings is 1. The summed E-state index contributed by atoms with van der Waals surface area (Å²) in [7, 11) is 0. The van der Waals surface area contributed by atoms with Gasteiger partial charge >= 0.3 is 0 Å². The van der Waals surface area contributed by atoms with Gasteiger partial charge in [0.05, 0.1) is 23.3 Å². The maximum Gasteiger partial charge on any atom is 0.225 e. The number of nitrogens with zero attached hydrogens (tertiary/aromatic N) is 3. The zero-order valence-electron chi connectivity index (χ0n) is 16.8. The van der Waals surface area contributed by atoms with Crippen LogP contribution in [0.3, 0.4) is 0 Å². The lowest BCUT2D eigenvalue weighted by Crippen LogP contribution is -2.35. The fourth-order valence-corrected chi connectivity index (χ4v) is 3.84. The first-order chi connectivity index (χ1) is 14.0. The molecular weight excluding hydrogens is 364 g/mol. The molecule has 0 saturated carbocycles. The van der Waals surface area contributed by atoms with Gasteiger partial charge in [0.2, 0.25) is 11.8 Å². The van der Waals surface area contributed by atoms with E-state index in [9.17, 15) is 9.59 Å². The molecule has 1 aromatic heterocycles. The van der Waals surface area contributed by atoms with Gasteiger partial charge in [-0.1, -0.05) is 36.4 Å². The monoisotopic (exact) mass is 390 g/mol. The van der Waals surface area contributed by atoms with Crippen molar-refractivity contribution >= 4 is 22.8 Å². The first-order valence-electron chi connectivity index (χ1n) is 10.1. The standard InChI is InChI=1S/C23H26N4O2/c1-16(2)27-14-19(11-22(27)28)23(29)24-12-17-7-9-18(10-8-17)13-26-15-25-20-5-3-4-6-21(20)26/h3-10,15-16,19H,11-14H2,1-2H3,(H,24,29)/t19-/m1/s1. The number of carbonyl (C=O) groups excluding carboxylic acids is 2. The fraction of sp³-hybridized carbons (Fsp3) is 0.348. The maximum absolute atomic E-state index is 12.4. The number of hydrogen-bond acceptors (Lipinski definition) is 3. The van der Waals surface area contributed by atoms with Gasteiger partial charge in [0.25, 0.3) is 0 Å². The molecular formula is C23H26N4O2. The van der Waals surface area contributed by atoms with Crippen molar-refractivity contribution in [2.24, 2.45) is 5.92 Å². The van der Waals surface area contributed by atoms with Crippen LogP contribution in [0.1, 0.15) is 31.4 Å². The maximum atomic E-state index is 12.4. The second kappa shape index (κ2) is 8.07. The van der Waals surface area contributed by atoms with Crippen LogP contribution in [0.4, 0.5) is 0 Å². The van der Waals surface area contributed by atoms with Gasteiger partial charge in [-0.15, -0.1) is 0 Å². The summed E-state index contributed by atoms with van der Waals surface area (Å²) in [6.07, 6.45) is 2.17. The van der Waals surface area contributed by atoms with Crippen molar-refractivity contribution < 1.29 is 9.59 Å². The Kier molecular flexibility index (Phi) is 5.34. The second-order valence-electron chi connectivity index (χ2n) is 7.94. The van der Waals surface area contributed by atoms with Crippen molar-refractivity contribution in [3.8, 4) is 0 Å². The minimum atomic E-state index is -0.251. The highest BCUT2D eigenvalue weighted by molar-refractivity contribution is 5.89. The summed E-state index contributed by atoms with van der Waals surface area (Å²) < 4.78 is 2.13. The molecule has 6 heteroatoms. The molecule has 0 spiro atoms. The zero-order valence-corrected chi connectivity index (χ0v) is 16.8. The molecule has 1 aliphatic rings. The Bertz CT molecular complexity index is 1020. The highest BCUT2D eigenvalue weighted by Gasteiger charge is 2.35. The number of likely N-dealkylation sites (tertiary alicyclic amines) is 1. The summed E-state index contributed by atoms with van der Waals surface area (Å²) in [5.41, 5.74) is 4.33. The largest absolute Gasteiger partial charge is 0.352 e. The number of carbonyl (C=O) groups is 2. The second-order valence-corrected chi connectivity index (χ2v) is 7.94. The third-order valence-corrected chi connectivity index (χ3v) is 5.52.